The molecule has 1 amide bonds. The molecule has 4 nitrogen and oxygen atoms in total. The third-order valence-electron chi connectivity index (χ3n) is 3.42. The standard InChI is InChI=1S/C16H18N2O2S.ClH/c19-16(10-12-11-20-8-7-17-12)18-14-5-2-1-4-13(14)15-6-3-9-21-15;/h1-6,9,12,17H,7-8,10-11H2,(H,18,19);1H. The first kappa shape index (κ1) is 17.0. The van der Waals surface area contributed by atoms with Gasteiger partial charge in [0.05, 0.1) is 13.2 Å². The number of thiophene rings is 1. The maximum Gasteiger partial charge on any atom is 0.226 e. The van der Waals surface area contributed by atoms with Crippen LogP contribution in [0.15, 0.2) is 41.8 Å². The number of para-hydroxylation sites is 1. The Morgan fingerprint density at radius 1 is 1.32 bits per heavy atom. The lowest BCUT2D eigenvalue weighted by molar-refractivity contribution is -0.117. The number of nitrogens with one attached hydrogen (secondary N) is 2. The third-order valence-corrected chi connectivity index (χ3v) is 4.32. The second kappa shape index (κ2) is 8.29. The van der Waals surface area contributed by atoms with E-state index in [2.05, 4.69) is 16.7 Å². The van der Waals surface area contributed by atoms with Gasteiger partial charge in [-0.1, -0.05) is 24.3 Å². The first-order valence-electron chi connectivity index (χ1n) is 7.07. The molecule has 1 atom stereocenters. The summed E-state index contributed by atoms with van der Waals surface area (Å²) in [4.78, 5) is 13.4. The Balaban J connectivity index is 0.00000176. The Morgan fingerprint density at radius 2 is 2.18 bits per heavy atom. The highest BCUT2D eigenvalue weighted by Gasteiger charge is 2.17. The molecule has 1 fully saturated rings. The van der Waals surface area contributed by atoms with Gasteiger partial charge >= 0.3 is 0 Å². The molecule has 0 saturated carbocycles. The molecule has 1 aromatic heterocycles. The molecule has 6 heteroatoms. The summed E-state index contributed by atoms with van der Waals surface area (Å²) < 4.78 is 5.37. The first-order valence-corrected chi connectivity index (χ1v) is 7.95. The van der Waals surface area contributed by atoms with Crippen LogP contribution in [0.25, 0.3) is 10.4 Å². The quantitative estimate of drug-likeness (QED) is 0.900. The Kier molecular flexibility index (Phi) is 6.39. The molecule has 118 valence electrons. The van der Waals surface area contributed by atoms with E-state index in [0.29, 0.717) is 13.0 Å². The largest absolute Gasteiger partial charge is 0.378 e. The molecule has 1 aromatic carbocycles. The van der Waals surface area contributed by atoms with Crippen molar-refractivity contribution >= 4 is 35.3 Å². The lowest BCUT2D eigenvalue weighted by Gasteiger charge is -2.23. The number of carbonyl (C=O) groups excluding carboxylic acids is 1. The maximum atomic E-state index is 12.2. The molecule has 0 spiro atoms. The van der Waals surface area contributed by atoms with Gasteiger partial charge in [0, 0.05) is 35.1 Å². The maximum absolute atomic E-state index is 12.2. The highest BCUT2D eigenvalue weighted by Crippen LogP contribution is 2.31. The van der Waals surface area contributed by atoms with Crippen LogP contribution in [0.2, 0.25) is 0 Å². The summed E-state index contributed by atoms with van der Waals surface area (Å²) in [5.74, 6) is 0.0157. The van der Waals surface area contributed by atoms with E-state index in [1.54, 1.807) is 11.3 Å². The zero-order chi connectivity index (χ0) is 14.5. The molecule has 2 aromatic rings. The summed E-state index contributed by atoms with van der Waals surface area (Å²) >= 11 is 1.67. The molecule has 0 aliphatic carbocycles. The van der Waals surface area contributed by atoms with Crippen LogP contribution in [0.5, 0.6) is 0 Å². The van der Waals surface area contributed by atoms with Crippen molar-refractivity contribution in [3.8, 4) is 10.4 Å². The van der Waals surface area contributed by atoms with Crippen LogP contribution in [-0.4, -0.2) is 31.7 Å². The van der Waals surface area contributed by atoms with Gasteiger partial charge in [-0.05, 0) is 17.5 Å². The zero-order valence-electron chi connectivity index (χ0n) is 12.1. The normalized spacial score (nSPS) is 17.5. The van der Waals surface area contributed by atoms with Crippen LogP contribution >= 0.6 is 23.7 Å². The number of benzene rings is 1. The number of rotatable bonds is 4. The second-order valence-electron chi connectivity index (χ2n) is 5.00. The van der Waals surface area contributed by atoms with Crippen LogP contribution in [0.1, 0.15) is 6.42 Å². The Morgan fingerprint density at radius 3 is 2.91 bits per heavy atom. The van der Waals surface area contributed by atoms with E-state index >= 15 is 0 Å². The van der Waals surface area contributed by atoms with Gasteiger partial charge in [-0.2, -0.15) is 0 Å². The summed E-state index contributed by atoms with van der Waals surface area (Å²) in [6, 6.07) is 12.1. The van der Waals surface area contributed by atoms with Gasteiger partial charge in [-0.15, -0.1) is 23.7 Å². The fourth-order valence-corrected chi connectivity index (χ4v) is 3.18. The van der Waals surface area contributed by atoms with E-state index in [0.717, 1.165) is 29.3 Å². The number of hydrogen-bond acceptors (Lipinski definition) is 4. The van der Waals surface area contributed by atoms with Crippen molar-refractivity contribution in [2.24, 2.45) is 0 Å². The summed E-state index contributed by atoms with van der Waals surface area (Å²) in [6.45, 7) is 2.13. The Bertz CT molecular complexity index is 598. The summed E-state index contributed by atoms with van der Waals surface area (Å²) in [6.07, 6.45) is 0.429. The molecule has 2 heterocycles. The van der Waals surface area contributed by atoms with Crippen molar-refractivity contribution in [2.45, 2.75) is 12.5 Å². The van der Waals surface area contributed by atoms with E-state index in [4.69, 9.17) is 4.74 Å². The topological polar surface area (TPSA) is 50.4 Å². The fraction of sp³-hybridized carbons (Fsp3) is 0.312. The molecule has 0 bridgehead atoms. The summed E-state index contributed by atoms with van der Waals surface area (Å²) in [5.41, 5.74) is 1.93. The lowest BCUT2D eigenvalue weighted by Crippen LogP contribution is -2.43. The van der Waals surface area contributed by atoms with Gasteiger partial charge in [-0.3, -0.25) is 4.79 Å². The van der Waals surface area contributed by atoms with E-state index < -0.39 is 0 Å². The van der Waals surface area contributed by atoms with Crippen molar-refractivity contribution in [2.75, 3.05) is 25.1 Å². The highest BCUT2D eigenvalue weighted by atomic mass is 35.5. The zero-order valence-corrected chi connectivity index (χ0v) is 13.7. The SMILES string of the molecule is Cl.O=C(CC1COCCN1)Nc1ccccc1-c1cccs1. The van der Waals surface area contributed by atoms with E-state index in [1.165, 1.54) is 0 Å². The molecule has 1 unspecified atom stereocenters. The van der Waals surface area contributed by atoms with Crippen LogP contribution in [0.3, 0.4) is 0 Å². The molecule has 22 heavy (non-hydrogen) atoms. The van der Waals surface area contributed by atoms with Gasteiger partial charge in [0.2, 0.25) is 5.91 Å². The Labute approximate surface area is 140 Å². The third kappa shape index (κ3) is 4.30. The van der Waals surface area contributed by atoms with Gasteiger partial charge in [-0.25, -0.2) is 0 Å². The van der Waals surface area contributed by atoms with Crippen molar-refractivity contribution in [1.82, 2.24) is 5.32 Å². The van der Waals surface area contributed by atoms with Crippen LogP contribution in [0.4, 0.5) is 5.69 Å². The molecule has 0 radical (unpaired) electrons. The summed E-state index contributed by atoms with van der Waals surface area (Å²) in [5, 5.41) is 8.35. The smallest absolute Gasteiger partial charge is 0.226 e. The molecule has 1 saturated heterocycles. The van der Waals surface area contributed by atoms with E-state index in [9.17, 15) is 4.79 Å². The molecule has 1 aliphatic rings. The number of hydrogen-bond donors (Lipinski definition) is 2. The average molecular weight is 339 g/mol. The monoisotopic (exact) mass is 338 g/mol. The predicted molar refractivity (Wildman–Crippen MR) is 92.9 cm³/mol. The van der Waals surface area contributed by atoms with Crippen molar-refractivity contribution in [3.63, 3.8) is 0 Å². The molecular formula is C16H19ClN2O2S. The number of anilines is 1. The summed E-state index contributed by atoms with van der Waals surface area (Å²) in [7, 11) is 0. The number of amides is 1. The van der Waals surface area contributed by atoms with Crippen molar-refractivity contribution in [1.29, 1.82) is 0 Å². The molecule has 1 aliphatic heterocycles. The van der Waals surface area contributed by atoms with Crippen LogP contribution < -0.4 is 10.6 Å². The number of morpholine rings is 1. The Hall–Kier alpha value is -1.40. The van der Waals surface area contributed by atoms with Crippen molar-refractivity contribution in [3.05, 3.63) is 41.8 Å². The molecular weight excluding hydrogens is 320 g/mol. The van der Waals surface area contributed by atoms with E-state index in [-0.39, 0.29) is 24.4 Å². The molecule has 3 rings (SSSR count). The van der Waals surface area contributed by atoms with Gasteiger partial charge in [0.15, 0.2) is 0 Å². The minimum Gasteiger partial charge on any atom is -0.378 e. The number of carbonyl (C=O) groups is 1. The number of ether oxygens (including phenoxy) is 1. The van der Waals surface area contributed by atoms with Crippen molar-refractivity contribution < 1.29 is 9.53 Å². The predicted octanol–water partition coefficient (Wildman–Crippen LogP) is 3.15. The molecule has 2 N–H and O–H groups in total. The van der Waals surface area contributed by atoms with Gasteiger partial charge in [0.1, 0.15) is 0 Å². The minimum absolute atomic E-state index is 0. The van der Waals surface area contributed by atoms with Gasteiger partial charge < -0.3 is 15.4 Å². The second-order valence-corrected chi connectivity index (χ2v) is 5.95. The lowest BCUT2D eigenvalue weighted by atomic mass is 10.1. The number of halogens is 1. The van der Waals surface area contributed by atoms with Crippen LogP contribution in [0, 0.1) is 0 Å². The van der Waals surface area contributed by atoms with E-state index in [1.807, 2.05) is 35.7 Å². The first-order chi connectivity index (χ1) is 10.3. The highest BCUT2D eigenvalue weighted by molar-refractivity contribution is 7.13. The van der Waals surface area contributed by atoms with Gasteiger partial charge in [0.25, 0.3) is 0 Å². The minimum atomic E-state index is 0. The fourth-order valence-electron chi connectivity index (χ4n) is 2.41. The van der Waals surface area contributed by atoms with Crippen LogP contribution in [-0.2, 0) is 9.53 Å². The average Bonchev–Trinajstić information content (AvgIpc) is 3.03.